The van der Waals surface area contributed by atoms with Gasteiger partial charge in [0.2, 0.25) is 0 Å². The number of para-hydroxylation sites is 1. The van der Waals surface area contributed by atoms with Crippen LogP contribution in [-0.4, -0.2) is 22.7 Å². The molecule has 0 radical (unpaired) electrons. The number of hydrogen-bond acceptors (Lipinski definition) is 4. The smallest absolute Gasteiger partial charge is 0.189 e. The van der Waals surface area contributed by atoms with Crippen molar-refractivity contribution in [3.05, 3.63) is 83.4 Å². The first-order valence-electron chi connectivity index (χ1n) is 8.89. The van der Waals surface area contributed by atoms with Gasteiger partial charge in [-0.2, -0.15) is 5.10 Å². The molecule has 2 aromatic carbocycles. The highest BCUT2D eigenvalue weighted by Gasteiger charge is 2.08. The summed E-state index contributed by atoms with van der Waals surface area (Å²) >= 11 is 0. The highest BCUT2D eigenvalue weighted by molar-refractivity contribution is 6.06. The van der Waals surface area contributed by atoms with Gasteiger partial charge in [0.05, 0.1) is 18.9 Å². The van der Waals surface area contributed by atoms with Gasteiger partial charge in [0, 0.05) is 18.3 Å². The SMILES string of the molecule is CCn1cc(C(=O)/C=C/c2ccc(OC)c(COc3ccccc3F)c2)cn1. The molecular formula is C22H21FN2O3. The highest BCUT2D eigenvalue weighted by atomic mass is 19.1. The predicted octanol–water partition coefficient (Wildman–Crippen LogP) is 4.53. The van der Waals surface area contributed by atoms with Gasteiger partial charge in [0.1, 0.15) is 12.4 Å². The number of aryl methyl sites for hydroxylation is 1. The zero-order chi connectivity index (χ0) is 19.9. The Kier molecular flexibility index (Phi) is 6.22. The van der Waals surface area contributed by atoms with E-state index < -0.39 is 5.82 Å². The molecule has 0 saturated heterocycles. The van der Waals surface area contributed by atoms with Crippen molar-refractivity contribution in [2.75, 3.05) is 7.11 Å². The van der Waals surface area contributed by atoms with E-state index >= 15 is 0 Å². The number of nitrogens with zero attached hydrogens (tertiary/aromatic N) is 2. The van der Waals surface area contributed by atoms with E-state index in [1.54, 1.807) is 54.5 Å². The van der Waals surface area contributed by atoms with E-state index in [0.717, 1.165) is 11.1 Å². The van der Waals surface area contributed by atoms with Gasteiger partial charge in [-0.15, -0.1) is 0 Å². The van der Waals surface area contributed by atoms with Crippen molar-refractivity contribution >= 4 is 11.9 Å². The molecule has 0 N–H and O–H groups in total. The van der Waals surface area contributed by atoms with E-state index in [0.29, 0.717) is 17.9 Å². The summed E-state index contributed by atoms with van der Waals surface area (Å²) in [7, 11) is 1.56. The first-order valence-corrected chi connectivity index (χ1v) is 8.89. The molecule has 5 nitrogen and oxygen atoms in total. The largest absolute Gasteiger partial charge is 0.496 e. The van der Waals surface area contributed by atoms with E-state index in [1.807, 2.05) is 19.1 Å². The van der Waals surface area contributed by atoms with Crippen LogP contribution in [0.4, 0.5) is 4.39 Å². The first-order chi connectivity index (χ1) is 13.6. The van der Waals surface area contributed by atoms with Crippen LogP contribution in [0.1, 0.15) is 28.4 Å². The van der Waals surface area contributed by atoms with Gasteiger partial charge in [-0.05, 0) is 42.8 Å². The molecule has 3 aromatic rings. The minimum Gasteiger partial charge on any atom is -0.496 e. The minimum atomic E-state index is -0.421. The topological polar surface area (TPSA) is 53.4 Å². The molecule has 0 aliphatic heterocycles. The van der Waals surface area contributed by atoms with Gasteiger partial charge in [-0.25, -0.2) is 4.39 Å². The number of ketones is 1. The zero-order valence-corrected chi connectivity index (χ0v) is 15.8. The summed E-state index contributed by atoms with van der Waals surface area (Å²) in [6.07, 6.45) is 6.49. The molecule has 0 amide bonds. The van der Waals surface area contributed by atoms with Crippen LogP contribution >= 0.6 is 0 Å². The maximum atomic E-state index is 13.7. The Labute approximate surface area is 163 Å². The lowest BCUT2D eigenvalue weighted by atomic mass is 10.1. The molecule has 0 saturated carbocycles. The fourth-order valence-corrected chi connectivity index (χ4v) is 2.66. The maximum Gasteiger partial charge on any atom is 0.189 e. The molecule has 6 heteroatoms. The summed E-state index contributed by atoms with van der Waals surface area (Å²) in [5.74, 6) is 0.257. The van der Waals surface area contributed by atoms with Gasteiger partial charge >= 0.3 is 0 Å². The number of hydrogen-bond donors (Lipinski definition) is 0. The number of rotatable bonds is 8. The second-order valence-electron chi connectivity index (χ2n) is 6.07. The summed E-state index contributed by atoms with van der Waals surface area (Å²) in [6.45, 7) is 2.81. The van der Waals surface area contributed by atoms with Gasteiger partial charge in [-0.3, -0.25) is 9.48 Å². The number of carbonyl (C=O) groups excluding carboxylic acids is 1. The Morgan fingerprint density at radius 2 is 2.04 bits per heavy atom. The zero-order valence-electron chi connectivity index (χ0n) is 15.8. The molecule has 0 bridgehead atoms. The summed E-state index contributed by atoms with van der Waals surface area (Å²) < 4.78 is 26.4. The van der Waals surface area contributed by atoms with Gasteiger partial charge in [-0.1, -0.05) is 24.3 Å². The van der Waals surface area contributed by atoms with E-state index in [2.05, 4.69) is 5.10 Å². The predicted molar refractivity (Wildman–Crippen MR) is 105 cm³/mol. The molecule has 0 spiro atoms. The average Bonchev–Trinajstić information content (AvgIpc) is 3.21. The molecule has 0 unspecified atom stereocenters. The van der Waals surface area contributed by atoms with Crippen LogP contribution in [0.25, 0.3) is 6.08 Å². The Hall–Kier alpha value is -3.41. The summed E-state index contributed by atoms with van der Waals surface area (Å²) in [6, 6.07) is 11.7. The van der Waals surface area contributed by atoms with E-state index in [9.17, 15) is 9.18 Å². The van der Waals surface area contributed by atoms with Crippen molar-refractivity contribution in [1.29, 1.82) is 0 Å². The van der Waals surface area contributed by atoms with E-state index in [-0.39, 0.29) is 18.1 Å². The number of benzene rings is 2. The summed E-state index contributed by atoms with van der Waals surface area (Å²) in [5.41, 5.74) is 2.10. The van der Waals surface area contributed by atoms with Crippen molar-refractivity contribution in [2.24, 2.45) is 0 Å². The van der Waals surface area contributed by atoms with E-state index in [1.165, 1.54) is 12.1 Å². The highest BCUT2D eigenvalue weighted by Crippen LogP contribution is 2.24. The lowest BCUT2D eigenvalue weighted by Gasteiger charge is -2.11. The average molecular weight is 380 g/mol. The molecule has 1 heterocycles. The van der Waals surface area contributed by atoms with Crippen molar-refractivity contribution in [3.8, 4) is 11.5 Å². The number of halogens is 1. The molecule has 3 rings (SSSR count). The van der Waals surface area contributed by atoms with Crippen LogP contribution in [0.3, 0.4) is 0 Å². The molecule has 0 atom stereocenters. The fraction of sp³-hybridized carbons (Fsp3) is 0.182. The fourth-order valence-electron chi connectivity index (χ4n) is 2.66. The van der Waals surface area contributed by atoms with Crippen LogP contribution in [0.5, 0.6) is 11.5 Å². The summed E-state index contributed by atoms with van der Waals surface area (Å²) in [5, 5.41) is 4.11. The number of carbonyl (C=O) groups is 1. The third-order valence-corrected chi connectivity index (χ3v) is 4.19. The second-order valence-corrected chi connectivity index (χ2v) is 6.07. The van der Waals surface area contributed by atoms with Crippen molar-refractivity contribution in [2.45, 2.75) is 20.1 Å². The molecule has 28 heavy (non-hydrogen) atoms. The van der Waals surface area contributed by atoms with Crippen LogP contribution in [0.2, 0.25) is 0 Å². The Bertz CT molecular complexity index is 995. The summed E-state index contributed by atoms with van der Waals surface area (Å²) in [4.78, 5) is 12.3. The van der Waals surface area contributed by atoms with Gasteiger partial charge in [0.15, 0.2) is 17.3 Å². The van der Waals surface area contributed by atoms with Crippen LogP contribution in [0.15, 0.2) is 60.9 Å². The maximum absolute atomic E-state index is 13.7. The van der Waals surface area contributed by atoms with Crippen LogP contribution < -0.4 is 9.47 Å². The van der Waals surface area contributed by atoms with E-state index in [4.69, 9.17) is 9.47 Å². The standard InChI is InChI=1S/C22H21FN2O3/c1-3-25-14-18(13-24-25)20(26)10-8-16-9-11-21(27-2)17(12-16)15-28-22-7-5-4-6-19(22)23/h4-14H,3,15H2,1-2H3/b10-8+. The van der Waals surface area contributed by atoms with Crippen LogP contribution in [0, 0.1) is 5.82 Å². The van der Waals surface area contributed by atoms with Crippen LogP contribution in [-0.2, 0) is 13.2 Å². The quantitative estimate of drug-likeness (QED) is 0.426. The molecule has 1 aromatic heterocycles. The monoisotopic (exact) mass is 380 g/mol. The third kappa shape index (κ3) is 4.65. The third-order valence-electron chi connectivity index (χ3n) is 4.19. The lowest BCUT2D eigenvalue weighted by Crippen LogP contribution is -2.00. The Morgan fingerprint density at radius 1 is 1.21 bits per heavy atom. The first kappa shape index (κ1) is 19.4. The van der Waals surface area contributed by atoms with Crippen molar-refractivity contribution in [1.82, 2.24) is 9.78 Å². The molecule has 144 valence electrons. The van der Waals surface area contributed by atoms with Crippen molar-refractivity contribution < 1.29 is 18.7 Å². The van der Waals surface area contributed by atoms with Gasteiger partial charge < -0.3 is 9.47 Å². The Balaban J connectivity index is 1.74. The normalized spacial score (nSPS) is 11.0. The molecule has 0 aliphatic rings. The number of allylic oxidation sites excluding steroid dienone is 1. The number of aromatic nitrogens is 2. The van der Waals surface area contributed by atoms with Gasteiger partial charge in [0.25, 0.3) is 0 Å². The molecule has 0 fully saturated rings. The molecule has 0 aliphatic carbocycles. The molecular weight excluding hydrogens is 359 g/mol. The minimum absolute atomic E-state index is 0.125. The lowest BCUT2D eigenvalue weighted by molar-refractivity contribution is 0.104. The second kappa shape index (κ2) is 8.99. The number of methoxy groups -OCH3 is 1. The number of ether oxygens (including phenoxy) is 2. The van der Waals surface area contributed by atoms with Crippen molar-refractivity contribution in [3.63, 3.8) is 0 Å². The Morgan fingerprint density at radius 3 is 2.75 bits per heavy atom.